The maximum Gasteiger partial charge on any atom is 0.231 e. The van der Waals surface area contributed by atoms with Gasteiger partial charge in [0.05, 0.1) is 16.5 Å². The van der Waals surface area contributed by atoms with Crippen LogP contribution in [0.15, 0.2) is 36.9 Å². The summed E-state index contributed by atoms with van der Waals surface area (Å²) in [5, 5.41) is 0.855. The minimum Gasteiger partial charge on any atom is -0.337 e. The summed E-state index contributed by atoms with van der Waals surface area (Å²) < 4.78 is 3.23. The molecule has 1 saturated carbocycles. The summed E-state index contributed by atoms with van der Waals surface area (Å²) in [5.41, 5.74) is 2.31. The number of thiazole rings is 1. The van der Waals surface area contributed by atoms with Gasteiger partial charge in [0, 0.05) is 31.4 Å². The summed E-state index contributed by atoms with van der Waals surface area (Å²) in [6.07, 6.45) is 11.8. The van der Waals surface area contributed by atoms with Gasteiger partial charge in [-0.15, -0.1) is 0 Å². The largest absolute Gasteiger partial charge is 0.337 e. The number of fused-ring (bicyclic) bond motifs is 1. The average Bonchev–Trinajstić information content (AvgIpc) is 3.45. The molecule has 5 nitrogen and oxygen atoms in total. The molecule has 0 spiro atoms. The first-order valence-corrected chi connectivity index (χ1v) is 10.7. The minimum absolute atomic E-state index is 0.163. The first-order chi connectivity index (χ1) is 13.3. The molecule has 0 N–H and O–H groups in total. The quantitative estimate of drug-likeness (QED) is 0.597. The summed E-state index contributed by atoms with van der Waals surface area (Å²) in [6.45, 7) is 3.72. The highest BCUT2D eigenvalue weighted by atomic mass is 32.1. The van der Waals surface area contributed by atoms with Crippen LogP contribution in [-0.2, 0) is 17.8 Å². The second-order valence-corrected chi connectivity index (χ2v) is 8.25. The van der Waals surface area contributed by atoms with Crippen molar-refractivity contribution in [3.05, 3.63) is 42.5 Å². The summed E-state index contributed by atoms with van der Waals surface area (Å²) in [4.78, 5) is 24.2. The molecule has 0 unspecified atom stereocenters. The number of anilines is 1. The number of carbonyl (C=O) groups is 1. The Labute approximate surface area is 164 Å². The van der Waals surface area contributed by atoms with E-state index in [1.54, 1.807) is 17.5 Å². The molecular weight excluding hydrogens is 356 g/mol. The molecule has 0 saturated heterocycles. The third-order valence-electron chi connectivity index (χ3n) is 5.43. The molecule has 3 aromatic rings. The first kappa shape index (κ1) is 18.2. The number of hydrogen-bond acceptors (Lipinski definition) is 4. The fourth-order valence-corrected chi connectivity index (χ4v) is 4.96. The molecule has 2 aromatic heterocycles. The monoisotopic (exact) mass is 382 g/mol. The predicted molar refractivity (Wildman–Crippen MR) is 110 cm³/mol. The van der Waals surface area contributed by atoms with Gasteiger partial charge >= 0.3 is 0 Å². The zero-order valence-electron chi connectivity index (χ0n) is 15.8. The summed E-state index contributed by atoms with van der Waals surface area (Å²) in [5.74, 6) is 0.422. The SMILES string of the molecule is CCc1cccc2sc(N(CCCn3ccnc3)C(=O)C3CCCC3)nc12. The number of amides is 1. The van der Waals surface area contributed by atoms with Gasteiger partial charge in [-0.3, -0.25) is 9.69 Å². The van der Waals surface area contributed by atoms with Crippen molar-refractivity contribution in [3.8, 4) is 0 Å². The summed E-state index contributed by atoms with van der Waals surface area (Å²) >= 11 is 1.64. The van der Waals surface area contributed by atoms with Crippen molar-refractivity contribution in [2.45, 2.75) is 52.0 Å². The van der Waals surface area contributed by atoms with Gasteiger partial charge in [-0.25, -0.2) is 9.97 Å². The number of carbonyl (C=O) groups excluding carboxylic acids is 1. The van der Waals surface area contributed by atoms with Gasteiger partial charge in [0.1, 0.15) is 0 Å². The van der Waals surface area contributed by atoms with Crippen LogP contribution < -0.4 is 4.90 Å². The number of nitrogens with zero attached hydrogens (tertiary/aromatic N) is 4. The molecule has 4 rings (SSSR count). The third kappa shape index (κ3) is 3.90. The van der Waals surface area contributed by atoms with E-state index in [-0.39, 0.29) is 11.8 Å². The smallest absolute Gasteiger partial charge is 0.231 e. The fraction of sp³-hybridized carbons (Fsp3) is 0.476. The van der Waals surface area contributed by atoms with E-state index in [4.69, 9.17) is 4.98 Å². The van der Waals surface area contributed by atoms with Crippen LogP contribution in [0.3, 0.4) is 0 Å². The third-order valence-corrected chi connectivity index (χ3v) is 6.47. The molecule has 1 fully saturated rings. The Morgan fingerprint density at radius 1 is 1.33 bits per heavy atom. The number of aromatic nitrogens is 3. The van der Waals surface area contributed by atoms with Gasteiger partial charge in [-0.1, -0.05) is 43.2 Å². The first-order valence-electron chi connectivity index (χ1n) is 9.92. The van der Waals surface area contributed by atoms with E-state index in [0.29, 0.717) is 6.54 Å². The molecule has 6 heteroatoms. The van der Waals surface area contributed by atoms with Crippen LogP contribution in [0.1, 0.15) is 44.6 Å². The lowest BCUT2D eigenvalue weighted by Gasteiger charge is -2.23. The van der Waals surface area contributed by atoms with Crippen molar-refractivity contribution in [1.82, 2.24) is 14.5 Å². The van der Waals surface area contributed by atoms with E-state index in [9.17, 15) is 4.79 Å². The minimum atomic E-state index is 0.163. The van der Waals surface area contributed by atoms with Crippen LogP contribution in [0.4, 0.5) is 5.13 Å². The molecule has 0 radical (unpaired) electrons. The van der Waals surface area contributed by atoms with E-state index < -0.39 is 0 Å². The molecule has 0 atom stereocenters. The van der Waals surface area contributed by atoms with Gasteiger partial charge in [0.25, 0.3) is 0 Å². The lowest BCUT2D eigenvalue weighted by atomic mass is 10.1. The number of benzene rings is 1. The molecule has 1 amide bonds. The number of hydrogen-bond donors (Lipinski definition) is 0. The van der Waals surface area contributed by atoms with Crippen molar-refractivity contribution >= 4 is 32.6 Å². The van der Waals surface area contributed by atoms with Gasteiger partial charge in [-0.2, -0.15) is 0 Å². The van der Waals surface area contributed by atoms with Gasteiger partial charge < -0.3 is 4.57 Å². The van der Waals surface area contributed by atoms with E-state index >= 15 is 0 Å². The second-order valence-electron chi connectivity index (χ2n) is 7.24. The van der Waals surface area contributed by atoms with Gasteiger partial charge in [0.15, 0.2) is 5.13 Å². The number of imidazole rings is 1. The Balaban J connectivity index is 1.59. The predicted octanol–water partition coefficient (Wildman–Crippen LogP) is 4.67. The maximum absolute atomic E-state index is 13.2. The average molecular weight is 383 g/mol. The molecule has 27 heavy (non-hydrogen) atoms. The fourth-order valence-electron chi connectivity index (χ4n) is 3.92. The highest BCUT2D eigenvalue weighted by Gasteiger charge is 2.29. The van der Waals surface area contributed by atoms with Crippen molar-refractivity contribution in [2.75, 3.05) is 11.4 Å². The van der Waals surface area contributed by atoms with Crippen LogP contribution in [0.5, 0.6) is 0 Å². The normalized spacial score (nSPS) is 14.9. The standard InChI is InChI=1S/C21H26N4OS/c1-2-16-9-5-10-18-19(16)23-21(27-18)25(20(26)17-7-3-4-8-17)13-6-12-24-14-11-22-15-24/h5,9-11,14-15,17H,2-4,6-8,12-13H2,1H3. The van der Waals surface area contributed by atoms with Gasteiger partial charge in [-0.05, 0) is 37.3 Å². The topological polar surface area (TPSA) is 51.0 Å². The van der Waals surface area contributed by atoms with Crippen LogP contribution in [0.2, 0.25) is 0 Å². The van der Waals surface area contributed by atoms with Crippen molar-refractivity contribution in [3.63, 3.8) is 0 Å². The lowest BCUT2D eigenvalue weighted by molar-refractivity contribution is -0.122. The molecule has 0 bridgehead atoms. The molecule has 1 aliphatic rings. The lowest BCUT2D eigenvalue weighted by Crippen LogP contribution is -2.36. The van der Waals surface area contributed by atoms with Crippen molar-refractivity contribution in [2.24, 2.45) is 5.92 Å². The summed E-state index contributed by atoms with van der Waals surface area (Å²) in [7, 11) is 0. The molecule has 0 aliphatic heterocycles. The highest BCUT2D eigenvalue weighted by molar-refractivity contribution is 7.22. The molecule has 2 heterocycles. The van der Waals surface area contributed by atoms with E-state index in [2.05, 4.69) is 34.7 Å². The molecule has 1 aromatic carbocycles. The Morgan fingerprint density at radius 2 is 2.19 bits per heavy atom. The van der Waals surface area contributed by atoms with Gasteiger partial charge in [0.2, 0.25) is 5.91 Å². The van der Waals surface area contributed by atoms with Crippen molar-refractivity contribution < 1.29 is 4.79 Å². The molecular formula is C21H26N4OS. The number of aryl methyl sites for hydroxylation is 2. The van der Waals surface area contributed by atoms with E-state index in [1.807, 2.05) is 17.4 Å². The zero-order valence-corrected chi connectivity index (χ0v) is 16.6. The van der Waals surface area contributed by atoms with Crippen LogP contribution >= 0.6 is 11.3 Å². The highest BCUT2D eigenvalue weighted by Crippen LogP contribution is 2.34. The molecule has 1 aliphatic carbocycles. The van der Waals surface area contributed by atoms with Crippen LogP contribution in [0, 0.1) is 5.92 Å². The number of para-hydroxylation sites is 1. The van der Waals surface area contributed by atoms with Crippen LogP contribution in [0.25, 0.3) is 10.2 Å². The molecule has 142 valence electrons. The Kier molecular flexibility index (Phi) is 5.53. The van der Waals surface area contributed by atoms with E-state index in [1.165, 1.54) is 23.1 Å². The van der Waals surface area contributed by atoms with Crippen LogP contribution in [-0.4, -0.2) is 27.0 Å². The summed E-state index contributed by atoms with van der Waals surface area (Å²) in [6, 6.07) is 6.33. The maximum atomic E-state index is 13.2. The zero-order chi connectivity index (χ0) is 18.6. The second kappa shape index (κ2) is 8.21. The number of rotatable bonds is 7. The Morgan fingerprint density at radius 3 is 2.93 bits per heavy atom. The van der Waals surface area contributed by atoms with E-state index in [0.717, 1.165) is 42.9 Å². The Bertz CT molecular complexity index is 896. The Hall–Kier alpha value is -2.21. The van der Waals surface area contributed by atoms with Crippen molar-refractivity contribution in [1.29, 1.82) is 0 Å².